The Kier molecular flexibility index (Phi) is 3.92. The third kappa shape index (κ3) is 3.41. The number of aromatic nitrogens is 2. The number of thioether (sulfide) groups is 1. The largest absolute Gasteiger partial charge is 0.411 e. The van der Waals surface area contributed by atoms with Gasteiger partial charge in [0.1, 0.15) is 5.82 Å². The van der Waals surface area contributed by atoms with Gasteiger partial charge in [-0.1, -0.05) is 23.9 Å². The van der Waals surface area contributed by atoms with Crippen molar-refractivity contribution in [2.75, 3.05) is 0 Å². The van der Waals surface area contributed by atoms with Crippen molar-refractivity contribution < 1.29 is 13.6 Å². The summed E-state index contributed by atoms with van der Waals surface area (Å²) in [6.45, 7) is 1.77. The maximum absolute atomic E-state index is 13.6. The van der Waals surface area contributed by atoms with E-state index < -0.39 is 5.82 Å². The molecule has 0 bridgehead atoms. The van der Waals surface area contributed by atoms with Crippen molar-refractivity contribution in [3.63, 3.8) is 0 Å². The van der Waals surface area contributed by atoms with Gasteiger partial charge in [-0.25, -0.2) is 4.39 Å². The molecule has 0 saturated heterocycles. The van der Waals surface area contributed by atoms with Crippen molar-refractivity contribution in [1.82, 2.24) is 15.5 Å². The molecule has 0 aliphatic heterocycles. The van der Waals surface area contributed by atoms with E-state index in [2.05, 4.69) is 15.5 Å². The van der Waals surface area contributed by atoms with Gasteiger partial charge in [-0.3, -0.25) is 4.79 Å². The molecule has 5 nitrogen and oxygen atoms in total. The maximum Gasteiger partial charge on any atom is 0.277 e. The molecule has 1 aromatic carbocycles. The molecule has 2 aromatic rings. The number of hydrogen-bond acceptors (Lipinski definition) is 5. The number of benzene rings is 1. The van der Waals surface area contributed by atoms with Gasteiger partial charge in [0.05, 0.1) is 10.8 Å². The fourth-order valence-corrected chi connectivity index (χ4v) is 2.44. The average molecular weight is 307 g/mol. The summed E-state index contributed by atoms with van der Waals surface area (Å²) in [4.78, 5) is 11.8. The van der Waals surface area contributed by atoms with Crippen LogP contribution in [-0.2, 0) is 4.79 Å². The van der Waals surface area contributed by atoms with Crippen molar-refractivity contribution in [3.8, 4) is 11.5 Å². The highest BCUT2D eigenvalue weighted by atomic mass is 32.2. The van der Waals surface area contributed by atoms with Gasteiger partial charge in [-0.15, -0.1) is 10.2 Å². The van der Waals surface area contributed by atoms with E-state index in [1.54, 1.807) is 25.1 Å². The lowest BCUT2D eigenvalue weighted by Crippen LogP contribution is -2.32. The lowest BCUT2D eigenvalue weighted by molar-refractivity contribution is -0.120. The fraction of sp³-hybridized carbons (Fsp3) is 0.357. The minimum absolute atomic E-state index is 0.0480. The highest BCUT2D eigenvalue weighted by Gasteiger charge is 2.27. The zero-order valence-electron chi connectivity index (χ0n) is 11.4. The summed E-state index contributed by atoms with van der Waals surface area (Å²) in [6.07, 6.45) is 2.09. The monoisotopic (exact) mass is 307 g/mol. The number of nitrogens with one attached hydrogen (secondary N) is 1. The molecule has 1 aliphatic carbocycles. The van der Waals surface area contributed by atoms with E-state index in [-0.39, 0.29) is 27.8 Å². The first-order valence-corrected chi connectivity index (χ1v) is 7.57. The molecular formula is C14H14FN3O2S. The second-order valence-corrected chi connectivity index (χ2v) is 6.19. The van der Waals surface area contributed by atoms with Crippen molar-refractivity contribution in [2.45, 2.75) is 36.3 Å². The molecule has 1 aromatic heterocycles. The fourth-order valence-electron chi connectivity index (χ4n) is 1.75. The van der Waals surface area contributed by atoms with Crippen LogP contribution in [0.25, 0.3) is 11.5 Å². The van der Waals surface area contributed by atoms with Crippen LogP contribution in [0.2, 0.25) is 0 Å². The lowest BCUT2D eigenvalue weighted by Gasteiger charge is -2.08. The minimum atomic E-state index is -0.419. The molecule has 21 heavy (non-hydrogen) atoms. The predicted molar refractivity (Wildman–Crippen MR) is 76.2 cm³/mol. The molecular weight excluding hydrogens is 293 g/mol. The molecule has 1 N–H and O–H groups in total. The van der Waals surface area contributed by atoms with Crippen molar-refractivity contribution in [3.05, 3.63) is 30.1 Å². The minimum Gasteiger partial charge on any atom is -0.411 e. The second-order valence-electron chi connectivity index (χ2n) is 4.90. The quantitative estimate of drug-likeness (QED) is 0.860. The van der Waals surface area contributed by atoms with E-state index in [0.29, 0.717) is 6.04 Å². The summed E-state index contributed by atoms with van der Waals surface area (Å²) in [5, 5.41) is 10.5. The SMILES string of the molecule is C[C@@H](Sc1nnc(-c2ccccc2F)o1)C(=O)NC1CC1. The predicted octanol–water partition coefficient (Wildman–Crippen LogP) is 2.63. The first-order valence-electron chi connectivity index (χ1n) is 6.69. The van der Waals surface area contributed by atoms with Crippen LogP contribution in [-0.4, -0.2) is 27.4 Å². The van der Waals surface area contributed by atoms with Crippen LogP contribution in [0.1, 0.15) is 19.8 Å². The first-order chi connectivity index (χ1) is 10.1. The van der Waals surface area contributed by atoms with Crippen molar-refractivity contribution in [2.24, 2.45) is 0 Å². The molecule has 0 radical (unpaired) electrons. The first kappa shape index (κ1) is 14.1. The van der Waals surface area contributed by atoms with Gasteiger partial charge < -0.3 is 9.73 Å². The third-order valence-electron chi connectivity index (χ3n) is 3.08. The maximum atomic E-state index is 13.6. The van der Waals surface area contributed by atoms with Crippen LogP contribution in [0.15, 0.2) is 33.9 Å². The Labute approximate surface area is 125 Å². The Morgan fingerprint density at radius 3 is 2.90 bits per heavy atom. The van der Waals surface area contributed by atoms with Gasteiger partial charge in [0.2, 0.25) is 5.91 Å². The standard InChI is InChI=1S/C14H14FN3O2S/c1-8(12(19)16-9-6-7-9)21-14-18-17-13(20-14)10-4-2-3-5-11(10)15/h2-5,8-9H,6-7H2,1H3,(H,16,19)/t8-/m1/s1. The Balaban J connectivity index is 1.67. The van der Waals surface area contributed by atoms with E-state index in [1.807, 2.05) is 0 Å². The third-order valence-corrected chi connectivity index (χ3v) is 4.02. The molecule has 110 valence electrons. The van der Waals surface area contributed by atoms with Crippen LogP contribution in [0, 0.1) is 5.82 Å². The van der Waals surface area contributed by atoms with Gasteiger partial charge in [-0.2, -0.15) is 0 Å². The molecule has 1 amide bonds. The number of amides is 1. The summed E-state index contributed by atoms with van der Waals surface area (Å²) in [6, 6.07) is 6.51. The molecule has 1 heterocycles. The van der Waals surface area contributed by atoms with Gasteiger partial charge in [0.25, 0.3) is 11.1 Å². The van der Waals surface area contributed by atoms with E-state index in [9.17, 15) is 9.18 Å². The summed E-state index contributed by atoms with van der Waals surface area (Å²) >= 11 is 1.17. The van der Waals surface area contributed by atoms with Crippen LogP contribution >= 0.6 is 11.8 Å². The molecule has 1 aliphatic rings. The van der Waals surface area contributed by atoms with Gasteiger partial charge in [-0.05, 0) is 31.9 Å². The Hall–Kier alpha value is -1.89. The van der Waals surface area contributed by atoms with Gasteiger partial charge in [0, 0.05) is 6.04 Å². The van der Waals surface area contributed by atoms with E-state index in [1.165, 1.54) is 17.8 Å². The smallest absolute Gasteiger partial charge is 0.277 e. The summed E-state index contributed by atoms with van der Waals surface area (Å²) in [7, 11) is 0. The molecule has 1 fully saturated rings. The van der Waals surface area contributed by atoms with Gasteiger partial charge >= 0.3 is 0 Å². The second kappa shape index (κ2) is 5.85. The Morgan fingerprint density at radius 2 is 2.19 bits per heavy atom. The van der Waals surface area contributed by atoms with Crippen LogP contribution < -0.4 is 5.32 Å². The number of carbonyl (C=O) groups excluding carboxylic acids is 1. The molecule has 3 rings (SSSR count). The number of hydrogen-bond donors (Lipinski definition) is 1. The molecule has 1 saturated carbocycles. The zero-order chi connectivity index (χ0) is 14.8. The Morgan fingerprint density at radius 1 is 1.43 bits per heavy atom. The molecule has 7 heteroatoms. The van der Waals surface area contributed by atoms with E-state index in [0.717, 1.165) is 12.8 Å². The number of rotatable bonds is 5. The summed E-state index contributed by atoms with van der Waals surface area (Å²) in [5.41, 5.74) is 0.256. The van der Waals surface area contributed by atoms with E-state index in [4.69, 9.17) is 4.42 Å². The van der Waals surface area contributed by atoms with Crippen molar-refractivity contribution >= 4 is 17.7 Å². The molecule has 0 unspecified atom stereocenters. The highest BCUT2D eigenvalue weighted by Crippen LogP contribution is 2.28. The van der Waals surface area contributed by atoms with E-state index >= 15 is 0 Å². The van der Waals surface area contributed by atoms with Crippen LogP contribution in [0.3, 0.4) is 0 Å². The van der Waals surface area contributed by atoms with Crippen LogP contribution in [0.4, 0.5) is 4.39 Å². The number of carbonyl (C=O) groups is 1. The highest BCUT2D eigenvalue weighted by molar-refractivity contribution is 8.00. The molecule has 1 atom stereocenters. The van der Waals surface area contributed by atoms with Gasteiger partial charge in [0.15, 0.2) is 0 Å². The number of nitrogens with zero attached hydrogens (tertiary/aromatic N) is 2. The lowest BCUT2D eigenvalue weighted by atomic mass is 10.2. The van der Waals surface area contributed by atoms with Crippen LogP contribution in [0.5, 0.6) is 0 Å². The normalized spacial score (nSPS) is 15.7. The summed E-state index contributed by atoms with van der Waals surface area (Å²) < 4.78 is 19.0. The molecule has 0 spiro atoms. The number of halogens is 1. The topological polar surface area (TPSA) is 68.0 Å². The zero-order valence-corrected chi connectivity index (χ0v) is 12.2. The average Bonchev–Trinajstić information content (AvgIpc) is 3.16. The Bertz CT molecular complexity index is 657. The summed E-state index contributed by atoms with van der Waals surface area (Å²) in [5.74, 6) is -0.351. The van der Waals surface area contributed by atoms with Crippen molar-refractivity contribution in [1.29, 1.82) is 0 Å².